The lowest BCUT2D eigenvalue weighted by Crippen LogP contribution is -2.09. The van der Waals surface area contributed by atoms with Gasteiger partial charge in [0.25, 0.3) is 0 Å². The molecule has 5 nitrogen and oxygen atoms in total. The number of benzene rings is 1. The number of nitrogens with zero attached hydrogens (tertiary/aromatic N) is 4. The molecular formula is C17H19BrFN5S. The Balaban J connectivity index is 1.71. The predicted octanol–water partition coefficient (Wildman–Crippen LogP) is 4.25. The lowest BCUT2D eigenvalue weighted by molar-refractivity contribution is 0.321. The molecule has 0 saturated carbocycles. The smallest absolute Gasteiger partial charge is 0.191 e. The van der Waals surface area contributed by atoms with Gasteiger partial charge in [-0.2, -0.15) is 0 Å². The van der Waals surface area contributed by atoms with Gasteiger partial charge in [0.15, 0.2) is 26.9 Å². The van der Waals surface area contributed by atoms with Gasteiger partial charge in [-0.05, 0) is 41.3 Å². The Morgan fingerprint density at radius 2 is 2.00 bits per heavy atom. The molecule has 1 aromatic carbocycles. The largest absolute Gasteiger partial charge is 0.382 e. The van der Waals surface area contributed by atoms with Gasteiger partial charge in [-0.25, -0.2) is 19.3 Å². The van der Waals surface area contributed by atoms with Gasteiger partial charge in [0, 0.05) is 5.75 Å². The van der Waals surface area contributed by atoms with Gasteiger partial charge < -0.3 is 10.3 Å². The van der Waals surface area contributed by atoms with Crippen LogP contribution in [0.1, 0.15) is 18.9 Å². The zero-order valence-corrected chi connectivity index (χ0v) is 16.2. The molecule has 3 rings (SSSR count). The summed E-state index contributed by atoms with van der Waals surface area (Å²) in [6, 6.07) is 10.4. The Morgan fingerprint density at radius 1 is 1.24 bits per heavy atom. The molecule has 25 heavy (non-hydrogen) atoms. The third-order valence-corrected chi connectivity index (χ3v) is 5.21. The average Bonchev–Trinajstić information content (AvgIpc) is 2.89. The summed E-state index contributed by atoms with van der Waals surface area (Å²) in [4.78, 5) is 13.1. The van der Waals surface area contributed by atoms with E-state index in [0.717, 1.165) is 18.6 Å². The first-order valence-corrected chi connectivity index (χ1v) is 9.82. The molecule has 0 aliphatic heterocycles. The number of thioether (sulfide) groups is 1. The molecule has 0 spiro atoms. The summed E-state index contributed by atoms with van der Waals surface area (Å²) in [5.74, 6) is 1.20. The Hall–Kier alpha value is -1.67. The first-order valence-electron chi connectivity index (χ1n) is 8.04. The minimum Gasteiger partial charge on any atom is -0.382 e. The fourth-order valence-corrected chi connectivity index (χ4v) is 3.81. The Bertz CT molecular complexity index is 853. The van der Waals surface area contributed by atoms with Gasteiger partial charge in [0.1, 0.15) is 6.17 Å². The number of hydrogen-bond donors (Lipinski definition) is 1. The normalized spacial score (nSPS) is 12.6. The number of hydrogen-bond acceptors (Lipinski definition) is 5. The Kier molecular flexibility index (Phi) is 5.90. The highest BCUT2D eigenvalue weighted by Gasteiger charge is 2.17. The van der Waals surface area contributed by atoms with Gasteiger partial charge in [-0.1, -0.05) is 42.1 Å². The molecule has 0 fully saturated rings. The minimum atomic E-state index is -1.01. The van der Waals surface area contributed by atoms with Crippen molar-refractivity contribution < 1.29 is 4.39 Å². The van der Waals surface area contributed by atoms with Crippen LogP contribution in [0.2, 0.25) is 0 Å². The number of aromatic nitrogens is 4. The third-order valence-electron chi connectivity index (χ3n) is 3.67. The number of nitrogen functional groups attached to an aromatic ring is 1. The van der Waals surface area contributed by atoms with E-state index < -0.39 is 6.17 Å². The lowest BCUT2D eigenvalue weighted by Gasteiger charge is -2.07. The third kappa shape index (κ3) is 4.49. The topological polar surface area (TPSA) is 69.6 Å². The SMILES string of the molecule is CC(F)Cn1c(Br)nc2c(N)nc(SCCCc3ccccc3)nc21. The molecule has 2 aromatic heterocycles. The van der Waals surface area contributed by atoms with Gasteiger partial charge in [0.2, 0.25) is 0 Å². The second-order valence-electron chi connectivity index (χ2n) is 5.77. The molecule has 1 atom stereocenters. The van der Waals surface area contributed by atoms with E-state index in [4.69, 9.17) is 5.73 Å². The molecule has 0 bridgehead atoms. The van der Waals surface area contributed by atoms with E-state index in [-0.39, 0.29) is 6.54 Å². The van der Waals surface area contributed by atoms with Crippen LogP contribution >= 0.6 is 27.7 Å². The number of fused-ring (bicyclic) bond motifs is 1. The summed E-state index contributed by atoms with van der Waals surface area (Å²) in [5, 5.41) is 0.596. The number of imidazole rings is 1. The number of halogens is 2. The van der Waals surface area contributed by atoms with Crippen molar-refractivity contribution in [3.8, 4) is 0 Å². The van der Waals surface area contributed by atoms with Crippen molar-refractivity contribution >= 4 is 44.7 Å². The van der Waals surface area contributed by atoms with Crippen LogP contribution in [-0.4, -0.2) is 31.4 Å². The molecule has 3 aromatic rings. The molecule has 0 amide bonds. The van der Waals surface area contributed by atoms with E-state index in [1.807, 2.05) is 18.2 Å². The highest BCUT2D eigenvalue weighted by Crippen LogP contribution is 2.26. The average molecular weight is 424 g/mol. The Labute approximate surface area is 158 Å². The van der Waals surface area contributed by atoms with Crippen LogP contribution in [0.5, 0.6) is 0 Å². The molecule has 1 unspecified atom stereocenters. The maximum atomic E-state index is 13.4. The molecular weight excluding hydrogens is 405 g/mol. The van der Waals surface area contributed by atoms with Crippen LogP contribution in [0.4, 0.5) is 10.2 Å². The quantitative estimate of drug-likeness (QED) is 0.266. The lowest BCUT2D eigenvalue weighted by atomic mass is 10.1. The van der Waals surface area contributed by atoms with Crippen molar-refractivity contribution in [3.05, 3.63) is 40.6 Å². The molecule has 0 radical (unpaired) electrons. The van der Waals surface area contributed by atoms with Crippen molar-refractivity contribution in [1.29, 1.82) is 0 Å². The van der Waals surface area contributed by atoms with Gasteiger partial charge >= 0.3 is 0 Å². The molecule has 2 heterocycles. The zero-order chi connectivity index (χ0) is 17.8. The van der Waals surface area contributed by atoms with Gasteiger partial charge in [0.05, 0.1) is 6.54 Å². The second-order valence-corrected chi connectivity index (χ2v) is 7.54. The standard InChI is InChI=1S/C17H19BrFN5S/c1-11(19)10-24-15-13(21-16(24)18)14(20)22-17(23-15)25-9-5-8-12-6-3-2-4-7-12/h2-4,6-7,11H,5,8-10H2,1H3,(H2,20,22,23). The maximum Gasteiger partial charge on any atom is 0.191 e. The monoisotopic (exact) mass is 423 g/mol. The van der Waals surface area contributed by atoms with Crippen molar-refractivity contribution in [2.75, 3.05) is 11.5 Å². The van der Waals surface area contributed by atoms with E-state index in [2.05, 4.69) is 43.0 Å². The van der Waals surface area contributed by atoms with Gasteiger partial charge in [-0.3, -0.25) is 0 Å². The first kappa shape index (κ1) is 18.1. The van der Waals surface area contributed by atoms with Crippen molar-refractivity contribution in [2.24, 2.45) is 0 Å². The van der Waals surface area contributed by atoms with Crippen LogP contribution in [0.3, 0.4) is 0 Å². The second kappa shape index (κ2) is 8.14. The van der Waals surface area contributed by atoms with Crippen molar-refractivity contribution in [2.45, 2.75) is 37.6 Å². The summed E-state index contributed by atoms with van der Waals surface area (Å²) in [6.45, 7) is 1.67. The Morgan fingerprint density at radius 3 is 2.72 bits per heavy atom. The number of alkyl halides is 1. The summed E-state index contributed by atoms with van der Waals surface area (Å²) in [7, 11) is 0. The molecule has 2 N–H and O–H groups in total. The van der Waals surface area contributed by atoms with E-state index >= 15 is 0 Å². The zero-order valence-electron chi connectivity index (χ0n) is 13.8. The molecule has 0 saturated heterocycles. The fourth-order valence-electron chi connectivity index (χ4n) is 2.54. The van der Waals surface area contributed by atoms with Crippen molar-refractivity contribution in [1.82, 2.24) is 19.5 Å². The van der Waals surface area contributed by atoms with E-state index in [0.29, 0.717) is 26.9 Å². The van der Waals surface area contributed by atoms with Crippen LogP contribution in [0.25, 0.3) is 11.2 Å². The summed E-state index contributed by atoms with van der Waals surface area (Å²) < 4.78 is 15.6. The van der Waals surface area contributed by atoms with E-state index in [9.17, 15) is 4.39 Å². The van der Waals surface area contributed by atoms with Crippen LogP contribution in [-0.2, 0) is 13.0 Å². The van der Waals surface area contributed by atoms with Crippen molar-refractivity contribution in [3.63, 3.8) is 0 Å². The summed E-state index contributed by atoms with van der Waals surface area (Å²) in [6.07, 6.45) is 1.02. The number of rotatable bonds is 7. The molecule has 0 aliphatic carbocycles. The van der Waals surface area contributed by atoms with Gasteiger partial charge in [-0.15, -0.1) is 0 Å². The highest BCUT2D eigenvalue weighted by atomic mass is 79.9. The minimum absolute atomic E-state index is 0.172. The molecule has 8 heteroatoms. The fraction of sp³-hybridized carbons (Fsp3) is 0.353. The summed E-state index contributed by atoms with van der Waals surface area (Å²) >= 11 is 4.89. The molecule has 132 valence electrons. The van der Waals surface area contributed by atoms with Crippen LogP contribution in [0, 0.1) is 0 Å². The van der Waals surface area contributed by atoms with E-state index in [1.54, 1.807) is 16.3 Å². The van der Waals surface area contributed by atoms with Crippen LogP contribution < -0.4 is 5.73 Å². The first-order chi connectivity index (χ1) is 12.0. The molecule has 0 aliphatic rings. The summed E-state index contributed by atoms with van der Waals surface area (Å²) in [5.41, 5.74) is 8.39. The highest BCUT2D eigenvalue weighted by molar-refractivity contribution is 9.10. The number of nitrogens with two attached hydrogens (primary N) is 1. The van der Waals surface area contributed by atoms with Crippen LogP contribution in [0.15, 0.2) is 40.2 Å². The maximum absolute atomic E-state index is 13.4. The van der Waals surface area contributed by atoms with E-state index in [1.165, 1.54) is 12.5 Å². The number of aryl methyl sites for hydroxylation is 1. The predicted molar refractivity (Wildman–Crippen MR) is 103 cm³/mol. The number of anilines is 1.